The number of rotatable bonds is 7. The van der Waals surface area contributed by atoms with Crippen molar-refractivity contribution in [1.29, 1.82) is 0 Å². The van der Waals surface area contributed by atoms with Crippen LogP contribution >= 0.6 is 15.9 Å². The van der Waals surface area contributed by atoms with Crippen molar-refractivity contribution < 1.29 is 39.4 Å². The van der Waals surface area contributed by atoms with Gasteiger partial charge in [0.2, 0.25) is 5.79 Å². The van der Waals surface area contributed by atoms with Gasteiger partial charge in [-0.2, -0.15) is 0 Å². The van der Waals surface area contributed by atoms with E-state index in [0.717, 1.165) is 34.4 Å². The zero-order valence-corrected chi connectivity index (χ0v) is 19.8. The quantitative estimate of drug-likeness (QED) is 0.430. The van der Waals surface area contributed by atoms with Gasteiger partial charge in [0.15, 0.2) is 0 Å². The highest BCUT2D eigenvalue weighted by atomic mass is 79.9. The molecule has 0 spiro atoms. The van der Waals surface area contributed by atoms with Crippen molar-refractivity contribution in [3.8, 4) is 5.75 Å². The third-order valence-corrected chi connectivity index (χ3v) is 6.98. The van der Waals surface area contributed by atoms with Crippen LogP contribution in [-0.4, -0.2) is 77.9 Å². The van der Waals surface area contributed by atoms with Gasteiger partial charge in [-0.25, -0.2) is 0 Å². The van der Waals surface area contributed by atoms with Crippen LogP contribution in [0.15, 0.2) is 46.9 Å². The van der Waals surface area contributed by atoms with Crippen molar-refractivity contribution in [3.05, 3.63) is 63.6 Å². The second-order valence-electron chi connectivity index (χ2n) is 8.37. The van der Waals surface area contributed by atoms with E-state index in [1.54, 1.807) is 6.07 Å². The molecule has 0 saturated carbocycles. The molecule has 180 valence electrons. The van der Waals surface area contributed by atoms with Gasteiger partial charge in [-0.3, -0.25) is 0 Å². The molecule has 0 radical (unpaired) electrons. The number of ether oxygens (including phenoxy) is 4. The first-order valence-electron chi connectivity index (χ1n) is 10.9. The Morgan fingerprint density at radius 1 is 1.09 bits per heavy atom. The van der Waals surface area contributed by atoms with Gasteiger partial charge in [0.1, 0.15) is 36.3 Å². The third-order valence-electron chi connectivity index (χ3n) is 6.21. The number of hydrogen-bond acceptors (Lipinski definition) is 8. The first-order valence-corrected chi connectivity index (χ1v) is 11.7. The summed E-state index contributed by atoms with van der Waals surface area (Å²) in [4.78, 5) is 0. The Kier molecular flexibility index (Phi) is 7.72. The van der Waals surface area contributed by atoms with E-state index < -0.39 is 36.8 Å². The van der Waals surface area contributed by atoms with Gasteiger partial charge >= 0.3 is 0 Å². The first-order chi connectivity index (χ1) is 15.9. The van der Waals surface area contributed by atoms with E-state index in [-0.39, 0.29) is 6.10 Å². The summed E-state index contributed by atoms with van der Waals surface area (Å²) < 4.78 is 23.5. The zero-order valence-electron chi connectivity index (χ0n) is 18.3. The Balaban J connectivity index is 1.57. The predicted molar refractivity (Wildman–Crippen MR) is 122 cm³/mol. The summed E-state index contributed by atoms with van der Waals surface area (Å²) in [6, 6.07) is 13.2. The Morgan fingerprint density at radius 2 is 1.85 bits per heavy atom. The molecule has 0 aromatic heterocycles. The lowest BCUT2D eigenvalue weighted by Gasteiger charge is -2.47. The number of benzene rings is 2. The van der Waals surface area contributed by atoms with Crippen LogP contribution in [-0.2, 0) is 26.4 Å². The summed E-state index contributed by atoms with van der Waals surface area (Å²) in [5, 5.41) is 40.8. The third kappa shape index (κ3) is 4.96. The maximum Gasteiger partial charge on any atom is 0.224 e. The van der Waals surface area contributed by atoms with Crippen LogP contribution in [0.25, 0.3) is 0 Å². The molecular weight excluding hydrogens is 496 g/mol. The smallest absolute Gasteiger partial charge is 0.224 e. The lowest BCUT2D eigenvalue weighted by atomic mass is 9.87. The fourth-order valence-corrected chi connectivity index (χ4v) is 4.68. The minimum absolute atomic E-state index is 0.0884. The molecule has 2 heterocycles. The van der Waals surface area contributed by atoms with Crippen molar-refractivity contribution in [2.75, 3.05) is 26.9 Å². The van der Waals surface area contributed by atoms with Gasteiger partial charge in [0.25, 0.3) is 0 Å². The summed E-state index contributed by atoms with van der Waals surface area (Å²) in [5.74, 6) is -0.954. The van der Waals surface area contributed by atoms with E-state index in [1.165, 1.54) is 7.11 Å². The molecular formula is C24H29BrO8. The van der Waals surface area contributed by atoms with Crippen LogP contribution in [0.2, 0.25) is 0 Å². The highest BCUT2D eigenvalue weighted by molar-refractivity contribution is 9.10. The molecule has 6 atom stereocenters. The Morgan fingerprint density at radius 3 is 2.48 bits per heavy atom. The van der Waals surface area contributed by atoms with E-state index in [4.69, 9.17) is 18.9 Å². The Hall–Kier alpha value is -1.56. The number of hydrogen-bond donors (Lipinski definition) is 4. The minimum atomic E-state index is -1.75. The molecule has 4 N–H and O–H groups in total. The van der Waals surface area contributed by atoms with Crippen molar-refractivity contribution in [2.24, 2.45) is 0 Å². The number of aliphatic hydroxyl groups excluding tert-OH is 4. The average Bonchev–Trinajstić information content (AvgIpc) is 3.34. The van der Waals surface area contributed by atoms with Gasteiger partial charge in [0, 0.05) is 23.6 Å². The van der Waals surface area contributed by atoms with Crippen LogP contribution in [0.1, 0.15) is 23.1 Å². The van der Waals surface area contributed by atoms with E-state index in [0.29, 0.717) is 18.6 Å². The van der Waals surface area contributed by atoms with Crippen LogP contribution < -0.4 is 4.74 Å². The summed E-state index contributed by atoms with van der Waals surface area (Å²) in [6.45, 7) is 0.796. The van der Waals surface area contributed by atoms with Crippen molar-refractivity contribution >= 4 is 15.9 Å². The number of methoxy groups -OCH3 is 1. The molecule has 0 aliphatic carbocycles. The SMILES string of the molecule is CO[C@@]1(c2ccc(Br)c(Cc3ccc(O[C@@H]4CCOC4)cc3)c2)O[C@H](CO)[C@@H](O)[C@H](O)[C@H]1O. The molecule has 9 heteroatoms. The summed E-state index contributed by atoms with van der Waals surface area (Å²) >= 11 is 3.57. The van der Waals surface area contributed by atoms with Gasteiger partial charge in [0.05, 0.1) is 19.8 Å². The van der Waals surface area contributed by atoms with Gasteiger partial charge in [-0.15, -0.1) is 0 Å². The second kappa shape index (κ2) is 10.4. The van der Waals surface area contributed by atoms with Gasteiger partial charge < -0.3 is 39.4 Å². The largest absolute Gasteiger partial charge is 0.488 e. The van der Waals surface area contributed by atoms with Crippen molar-refractivity contribution in [2.45, 2.75) is 49.1 Å². The fraction of sp³-hybridized carbons (Fsp3) is 0.500. The Labute approximate surface area is 200 Å². The summed E-state index contributed by atoms with van der Waals surface area (Å²) in [7, 11) is 1.35. The lowest BCUT2D eigenvalue weighted by molar-refractivity contribution is -0.366. The molecule has 2 aliphatic rings. The van der Waals surface area contributed by atoms with Crippen LogP contribution in [0, 0.1) is 0 Å². The van der Waals surface area contributed by atoms with Crippen LogP contribution in [0.5, 0.6) is 5.75 Å². The maximum atomic E-state index is 10.7. The molecule has 2 saturated heterocycles. The van der Waals surface area contributed by atoms with Crippen molar-refractivity contribution in [3.63, 3.8) is 0 Å². The fourth-order valence-electron chi connectivity index (χ4n) is 4.30. The summed E-state index contributed by atoms with van der Waals surface area (Å²) in [5.41, 5.74) is 2.41. The highest BCUT2D eigenvalue weighted by Gasteiger charge is 2.55. The molecule has 0 unspecified atom stereocenters. The first kappa shape index (κ1) is 24.6. The molecule has 0 bridgehead atoms. The highest BCUT2D eigenvalue weighted by Crippen LogP contribution is 2.40. The van der Waals surface area contributed by atoms with E-state index in [2.05, 4.69) is 15.9 Å². The molecule has 2 fully saturated rings. The molecule has 8 nitrogen and oxygen atoms in total. The van der Waals surface area contributed by atoms with Crippen LogP contribution in [0.3, 0.4) is 0 Å². The molecule has 2 aromatic rings. The monoisotopic (exact) mass is 524 g/mol. The van der Waals surface area contributed by atoms with Crippen molar-refractivity contribution in [1.82, 2.24) is 0 Å². The number of halogens is 1. The zero-order chi connectivity index (χ0) is 23.6. The molecule has 2 aromatic carbocycles. The van der Waals surface area contributed by atoms with E-state index >= 15 is 0 Å². The molecule has 2 aliphatic heterocycles. The predicted octanol–water partition coefficient (Wildman–Crippen LogP) is 1.48. The maximum absolute atomic E-state index is 10.7. The van der Waals surface area contributed by atoms with E-state index in [1.807, 2.05) is 36.4 Å². The topological polar surface area (TPSA) is 118 Å². The lowest BCUT2D eigenvalue weighted by Crippen LogP contribution is -2.64. The normalized spacial score (nSPS) is 32.1. The average molecular weight is 525 g/mol. The molecule has 33 heavy (non-hydrogen) atoms. The van der Waals surface area contributed by atoms with Gasteiger partial charge in [-0.05, 0) is 41.8 Å². The second-order valence-corrected chi connectivity index (χ2v) is 9.22. The van der Waals surface area contributed by atoms with Gasteiger partial charge in [-0.1, -0.05) is 34.1 Å². The van der Waals surface area contributed by atoms with Crippen LogP contribution in [0.4, 0.5) is 0 Å². The summed E-state index contributed by atoms with van der Waals surface area (Å²) in [6.07, 6.45) is -4.13. The molecule has 0 amide bonds. The standard InChI is InChI=1S/C24H29BrO8/c1-30-24(23(29)22(28)21(27)20(12-26)33-24)16-4-7-19(25)15(11-16)10-14-2-5-17(6-3-14)32-18-8-9-31-13-18/h2-7,11,18,20-23,26-29H,8-10,12-13H2,1H3/t18-,20-,21-,22+,23-,24+/m1/s1. The van der Waals surface area contributed by atoms with E-state index in [9.17, 15) is 20.4 Å². The number of aliphatic hydroxyl groups is 4. The molecule has 4 rings (SSSR count). The minimum Gasteiger partial charge on any atom is -0.488 e. The Bertz CT molecular complexity index is 931.